The number of likely N-dealkylation sites (N-methyl/N-ethyl adjacent to an activating group) is 1. The highest BCUT2D eigenvalue weighted by atomic mass is 33.1. The summed E-state index contributed by atoms with van der Waals surface area (Å²) in [6.07, 6.45) is 4.21. The highest BCUT2D eigenvalue weighted by molar-refractivity contribution is 8.77. The van der Waals surface area contributed by atoms with Crippen LogP contribution in [-0.2, 0) is 42.8 Å². The van der Waals surface area contributed by atoms with Gasteiger partial charge in [0, 0.05) is 68.4 Å². The lowest BCUT2D eigenvalue weighted by Gasteiger charge is -2.41. The molecule has 0 saturated carbocycles. The number of ketones is 1. The fraction of sp³-hybridized carbons (Fsp3) is 0.667. The molecule has 1 aromatic carbocycles. The van der Waals surface area contributed by atoms with Gasteiger partial charge in [-0.15, -0.1) is 6.42 Å². The van der Waals surface area contributed by atoms with Gasteiger partial charge in [-0.3, -0.25) is 19.2 Å². The summed E-state index contributed by atoms with van der Waals surface area (Å²) in [6, 6.07) is -0.688. The number of methoxy groups -OCH3 is 3. The molecule has 3 fully saturated rings. The first-order valence-electron chi connectivity index (χ1n) is 26.7. The Hall–Kier alpha value is -3.82. The van der Waals surface area contributed by atoms with Gasteiger partial charge in [-0.2, -0.15) is 5.48 Å². The summed E-state index contributed by atoms with van der Waals surface area (Å²) in [7, 11) is 9.35. The van der Waals surface area contributed by atoms with E-state index in [1.54, 1.807) is 56.3 Å². The third-order valence-electron chi connectivity index (χ3n) is 14.1. The van der Waals surface area contributed by atoms with Gasteiger partial charge in [0.25, 0.3) is 0 Å². The van der Waals surface area contributed by atoms with Gasteiger partial charge in [-0.25, -0.2) is 0 Å². The van der Waals surface area contributed by atoms with Crippen LogP contribution in [-0.4, -0.2) is 170 Å². The lowest BCUT2D eigenvalue weighted by atomic mass is 9.79. The summed E-state index contributed by atoms with van der Waals surface area (Å²) in [5, 5.41) is 38.7. The lowest BCUT2D eigenvalue weighted by Crippen LogP contribution is -2.59. The summed E-state index contributed by atoms with van der Waals surface area (Å²) in [5.74, 6) is 9.47. The number of benzene rings is 1. The summed E-state index contributed by atoms with van der Waals surface area (Å²) < 4.78 is 54.3. The van der Waals surface area contributed by atoms with Crippen molar-refractivity contribution in [3.05, 3.63) is 51.8 Å². The number of ether oxygens (including phenoxy) is 9. The Balaban J connectivity index is 1.22. The molecule has 1 amide bonds. The van der Waals surface area contributed by atoms with E-state index in [0.717, 1.165) is 30.2 Å². The van der Waals surface area contributed by atoms with Gasteiger partial charge in [-0.05, 0) is 109 Å². The minimum Gasteiger partial charge on any atom is -0.492 e. The van der Waals surface area contributed by atoms with Gasteiger partial charge < -0.3 is 68.6 Å². The molecule has 6 N–H and O–H groups in total. The Bertz CT molecular complexity index is 2400. The van der Waals surface area contributed by atoms with E-state index in [1.165, 1.54) is 33.5 Å². The molecule has 1 aliphatic carbocycles. The number of allylic oxidation sites excluding steroid dienone is 3. The van der Waals surface area contributed by atoms with Crippen molar-refractivity contribution in [1.29, 1.82) is 0 Å². The maximum Gasteiger partial charge on any atom is 0.229 e. The minimum absolute atomic E-state index is 0.0388. The van der Waals surface area contributed by atoms with Gasteiger partial charge in [0.15, 0.2) is 29.9 Å². The molecule has 0 aromatic heterocycles. The molecule has 3 saturated heterocycles. The van der Waals surface area contributed by atoms with E-state index in [-0.39, 0.29) is 56.6 Å². The normalized spacial score (nSPS) is 29.8. The van der Waals surface area contributed by atoms with E-state index < -0.39 is 73.7 Å². The van der Waals surface area contributed by atoms with Gasteiger partial charge in [0.05, 0.1) is 61.5 Å². The first-order chi connectivity index (χ1) is 37.6. The molecule has 0 bridgehead atoms. The van der Waals surface area contributed by atoms with Crippen LogP contribution in [0.1, 0.15) is 108 Å². The molecular formula is C57H83N3O16S3. The van der Waals surface area contributed by atoms with Crippen LogP contribution >= 0.6 is 33.3 Å². The smallest absolute Gasteiger partial charge is 0.229 e. The largest absolute Gasteiger partial charge is 0.492 e. The zero-order valence-electron chi connectivity index (χ0n) is 47.8. The molecule has 15 atom stereocenters. The summed E-state index contributed by atoms with van der Waals surface area (Å²) in [6.45, 7) is 18.1. The Kier molecular flexibility index (Phi) is 26.4. The standard InChI is InChI=1S/C57H83N3O16S3/c1-15-16-17-18-19-41(46-38(31(2)28-39(62)48(46)58-11)24-27-77-79-37(22-25-59-30-61)23-26-70-57(8,9)10)74-44-29-40(63)47(35(6)72-44)60-76-43-21-20-42(34(5)71-43)78-55(66)45-32(3)33(4)51(54(69-14)52(45)67-12)75-56-50(65)53(68-13)49(64)36(7)73-56/h1,16-17,24,30-31,34-37,40-44,47,49-50,53,56,58,60,63-65H,20-23,25-29H2,2-14H3,(H,59,61)/b17-16-,38-24-/t31?,34?,35?,36-,37?,40?,41-,42-,43?,44?,47+,49?,50+,53+,56?/m0/s1. The summed E-state index contributed by atoms with van der Waals surface area (Å²) >= 11 is 1.12. The number of thioether (sulfide) groups is 1. The van der Waals surface area contributed by atoms with Gasteiger partial charge >= 0.3 is 0 Å². The molecule has 3 aliphatic heterocycles. The molecule has 1 aromatic rings. The van der Waals surface area contributed by atoms with E-state index in [2.05, 4.69) is 40.0 Å². The Morgan fingerprint density at radius 1 is 0.924 bits per heavy atom. The topological polar surface area (TPSA) is 240 Å². The summed E-state index contributed by atoms with van der Waals surface area (Å²) in [5.41, 5.74) is 6.05. The van der Waals surface area contributed by atoms with Crippen molar-refractivity contribution in [2.75, 3.05) is 47.3 Å². The predicted octanol–water partition coefficient (Wildman–Crippen LogP) is 6.01. The quantitative estimate of drug-likeness (QED) is 0.0216. The number of hydroxylamine groups is 1. The molecule has 4 aliphatic rings. The van der Waals surface area contributed by atoms with Crippen molar-refractivity contribution < 1.29 is 77.2 Å². The van der Waals surface area contributed by atoms with Crippen LogP contribution in [0.15, 0.2) is 35.1 Å². The average Bonchev–Trinajstić information content (AvgIpc) is 3.40. The number of rotatable bonds is 25. The maximum absolute atomic E-state index is 14.2. The number of hydrogen-bond acceptors (Lipinski definition) is 21. The second-order valence-corrected chi connectivity index (χ2v) is 24.7. The van der Waals surface area contributed by atoms with Crippen molar-refractivity contribution in [3.8, 4) is 41.4 Å². The van der Waals surface area contributed by atoms with Crippen molar-refractivity contribution in [3.63, 3.8) is 0 Å². The van der Waals surface area contributed by atoms with Crippen LogP contribution in [0.3, 0.4) is 0 Å². The molecule has 3 heterocycles. The second kappa shape index (κ2) is 31.6. The van der Waals surface area contributed by atoms with E-state index >= 15 is 0 Å². The lowest BCUT2D eigenvalue weighted by molar-refractivity contribution is -0.273. The van der Waals surface area contributed by atoms with Crippen LogP contribution in [0, 0.1) is 44.0 Å². The second-order valence-electron chi connectivity index (χ2n) is 20.8. The Labute approximate surface area is 478 Å². The van der Waals surface area contributed by atoms with Gasteiger partial charge in [0.1, 0.15) is 24.4 Å². The number of nitrogens with one attached hydrogen (secondary N) is 3. The van der Waals surface area contributed by atoms with Crippen LogP contribution in [0.4, 0.5) is 0 Å². The molecule has 79 heavy (non-hydrogen) atoms. The van der Waals surface area contributed by atoms with E-state index in [9.17, 15) is 29.7 Å². The van der Waals surface area contributed by atoms with Crippen molar-refractivity contribution in [2.45, 2.75) is 191 Å². The Morgan fingerprint density at radius 3 is 2.28 bits per heavy atom. The third-order valence-corrected chi connectivity index (χ3v) is 18.3. The monoisotopic (exact) mass is 1160 g/mol. The van der Waals surface area contributed by atoms with Crippen molar-refractivity contribution in [2.24, 2.45) is 5.92 Å². The molecule has 22 heteroatoms. The minimum atomic E-state index is -1.34. The number of Topliss-reactive ketones (excluding diaryl/α,β-unsaturated/α-hetero) is 1. The SMILES string of the molecule is C#C/C=C\C#C[C@H](OC1CC(O)[C@H](NOC2CC[C@H](SC(=O)c3c(C)c(C)c(OC4O[C@@H](C)C(O)[C@@H](OC)[C@H]4O)c(OC)c3OC)C(C)O2)C(C)O1)C1=C(NC)C(=O)CC(C)/C1=C/CSSC(CCNC=O)CCOC(C)(C)C. The highest BCUT2D eigenvalue weighted by Gasteiger charge is 2.46. The van der Waals surface area contributed by atoms with E-state index in [4.69, 9.17) is 53.9 Å². The molecule has 5 rings (SSSR count). The molecule has 19 nitrogen and oxygen atoms in total. The molecule has 0 spiro atoms. The van der Waals surface area contributed by atoms with Crippen LogP contribution in [0.25, 0.3) is 0 Å². The van der Waals surface area contributed by atoms with E-state index in [1.807, 2.05) is 34.6 Å². The fourth-order valence-corrected chi connectivity index (χ4v) is 13.4. The van der Waals surface area contributed by atoms with Gasteiger partial charge in [0.2, 0.25) is 23.6 Å². The number of amides is 1. The Morgan fingerprint density at radius 2 is 1.65 bits per heavy atom. The number of hydrogen-bond donors (Lipinski definition) is 6. The summed E-state index contributed by atoms with van der Waals surface area (Å²) in [4.78, 5) is 45.0. The number of carbonyl (C=O) groups is 3. The zero-order valence-corrected chi connectivity index (χ0v) is 50.2. The molecule has 440 valence electrons. The number of aliphatic hydroxyl groups excluding tert-OH is 3. The number of carbonyl (C=O) groups excluding carboxylic acids is 3. The fourth-order valence-electron chi connectivity index (χ4n) is 9.75. The van der Waals surface area contributed by atoms with Crippen LogP contribution in [0.5, 0.6) is 17.2 Å². The first kappa shape index (κ1) is 66.0. The number of terminal acetylenes is 1. The van der Waals surface area contributed by atoms with Gasteiger partial charge in [-0.1, -0.05) is 64.1 Å². The van der Waals surface area contributed by atoms with Crippen molar-refractivity contribution in [1.82, 2.24) is 16.1 Å². The highest BCUT2D eigenvalue weighted by Crippen LogP contribution is 2.48. The predicted molar refractivity (Wildman–Crippen MR) is 305 cm³/mol. The third kappa shape index (κ3) is 17.8. The molecule has 9 unspecified atom stereocenters. The molecular weight excluding hydrogens is 1080 g/mol. The van der Waals surface area contributed by atoms with E-state index in [0.29, 0.717) is 72.5 Å². The van der Waals surface area contributed by atoms with Crippen LogP contribution < -0.4 is 30.3 Å². The maximum atomic E-state index is 14.2. The molecule has 0 radical (unpaired) electrons. The van der Waals surface area contributed by atoms with Crippen molar-refractivity contribution >= 4 is 50.7 Å². The zero-order chi connectivity index (χ0) is 58.1. The first-order valence-corrected chi connectivity index (χ1v) is 30.0. The van der Waals surface area contributed by atoms with Crippen LogP contribution in [0.2, 0.25) is 0 Å². The average molecular weight is 1160 g/mol. The number of aliphatic hydroxyl groups is 3.